The van der Waals surface area contributed by atoms with Crippen LogP contribution in [0.4, 0.5) is 0 Å². The molecule has 0 aliphatic heterocycles. The lowest BCUT2D eigenvalue weighted by molar-refractivity contribution is 0.297. The SMILES string of the molecule is C[SiH](C)OP(=O)(O[Si](C)(C)C)O[Si](C)(C)C. The van der Waals surface area contributed by atoms with Crippen LogP contribution >= 0.6 is 7.82 Å². The molecule has 0 unspecified atom stereocenters. The van der Waals surface area contributed by atoms with Crippen molar-refractivity contribution in [3.63, 3.8) is 0 Å². The van der Waals surface area contributed by atoms with Crippen LogP contribution in [-0.4, -0.2) is 25.7 Å². The molecule has 0 aromatic carbocycles. The van der Waals surface area contributed by atoms with E-state index in [1.54, 1.807) is 0 Å². The van der Waals surface area contributed by atoms with Crippen LogP contribution in [0.5, 0.6) is 0 Å². The van der Waals surface area contributed by atoms with E-state index < -0.39 is 33.5 Å². The van der Waals surface area contributed by atoms with Crippen molar-refractivity contribution in [2.75, 3.05) is 0 Å². The maximum atomic E-state index is 12.5. The van der Waals surface area contributed by atoms with E-state index in [0.29, 0.717) is 0 Å². The van der Waals surface area contributed by atoms with Crippen LogP contribution in [-0.2, 0) is 17.2 Å². The Morgan fingerprint density at radius 1 is 0.875 bits per heavy atom. The maximum absolute atomic E-state index is 12.5. The third kappa shape index (κ3) is 8.86. The summed E-state index contributed by atoms with van der Waals surface area (Å²) in [5, 5.41) is 0. The van der Waals surface area contributed by atoms with Gasteiger partial charge in [0, 0.05) is 0 Å². The van der Waals surface area contributed by atoms with Gasteiger partial charge in [-0.1, -0.05) is 0 Å². The van der Waals surface area contributed by atoms with Crippen molar-refractivity contribution in [3.05, 3.63) is 0 Å². The first-order valence-electron chi connectivity index (χ1n) is 5.53. The normalized spacial score (nSPS) is 14.6. The van der Waals surface area contributed by atoms with Crippen molar-refractivity contribution in [1.82, 2.24) is 0 Å². The quantitative estimate of drug-likeness (QED) is 0.553. The van der Waals surface area contributed by atoms with Crippen molar-refractivity contribution in [2.24, 2.45) is 0 Å². The lowest BCUT2D eigenvalue weighted by Crippen LogP contribution is -2.31. The molecule has 0 aliphatic rings. The molecular weight excluding hydrogens is 275 g/mol. The highest BCUT2D eigenvalue weighted by atomic mass is 31.2. The number of hydrogen-bond donors (Lipinski definition) is 0. The molecule has 0 aromatic rings. The summed E-state index contributed by atoms with van der Waals surface area (Å²) in [5.41, 5.74) is 0. The number of hydrogen-bond acceptors (Lipinski definition) is 4. The minimum Gasteiger partial charge on any atom is -0.335 e. The van der Waals surface area contributed by atoms with E-state index >= 15 is 0 Å². The number of phosphoric acid groups is 1. The highest BCUT2D eigenvalue weighted by Crippen LogP contribution is 2.54. The van der Waals surface area contributed by atoms with Crippen LogP contribution in [0.3, 0.4) is 0 Å². The standard InChI is InChI=1S/C8H25O4PSi3/c1-14(2)10-13(9,11-15(3,4)5)12-16(6,7)8/h14H,1-8H3. The van der Waals surface area contributed by atoms with Crippen molar-refractivity contribution in [2.45, 2.75) is 52.4 Å². The van der Waals surface area contributed by atoms with E-state index in [9.17, 15) is 4.57 Å². The van der Waals surface area contributed by atoms with Gasteiger partial charge in [-0.25, -0.2) is 4.57 Å². The zero-order chi connectivity index (χ0) is 13.2. The molecule has 0 aromatic heterocycles. The second kappa shape index (κ2) is 5.60. The summed E-state index contributed by atoms with van der Waals surface area (Å²) in [7, 11) is -8.63. The Kier molecular flexibility index (Phi) is 5.87. The van der Waals surface area contributed by atoms with E-state index in [4.69, 9.17) is 12.6 Å². The highest BCUT2D eigenvalue weighted by molar-refractivity contribution is 7.53. The molecule has 0 rings (SSSR count). The van der Waals surface area contributed by atoms with Gasteiger partial charge < -0.3 is 12.6 Å². The minimum absolute atomic E-state index is 1.44. The summed E-state index contributed by atoms with van der Waals surface area (Å²) in [4.78, 5) is 0. The maximum Gasteiger partial charge on any atom is 0.444 e. The lowest BCUT2D eigenvalue weighted by Gasteiger charge is -2.31. The first-order valence-corrected chi connectivity index (χ1v) is 16.6. The molecule has 4 nitrogen and oxygen atoms in total. The lowest BCUT2D eigenvalue weighted by atomic mass is 11.8. The minimum atomic E-state index is -3.33. The molecule has 0 amide bonds. The summed E-state index contributed by atoms with van der Waals surface area (Å²) in [6.45, 7) is 15.8. The smallest absolute Gasteiger partial charge is 0.335 e. The molecule has 0 saturated carbocycles. The molecule has 0 saturated heterocycles. The average molecular weight is 301 g/mol. The van der Waals surface area contributed by atoms with Gasteiger partial charge in [0.05, 0.1) is 0 Å². The first kappa shape index (κ1) is 16.8. The zero-order valence-electron chi connectivity index (χ0n) is 11.7. The highest BCUT2D eigenvalue weighted by Gasteiger charge is 2.38. The Bertz CT molecular complexity index is 249. The molecule has 0 fully saturated rings. The van der Waals surface area contributed by atoms with Crippen LogP contribution in [0.1, 0.15) is 0 Å². The Morgan fingerprint density at radius 2 is 1.19 bits per heavy atom. The van der Waals surface area contributed by atoms with Crippen LogP contribution in [0.2, 0.25) is 52.4 Å². The molecule has 0 bridgehead atoms. The first-order chi connectivity index (χ1) is 6.83. The molecule has 98 valence electrons. The summed E-state index contributed by atoms with van der Waals surface area (Å²) < 4.78 is 29.3. The monoisotopic (exact) mass is 300 g/mol. The second-order valence-electron chi connectivity index (χ2n) is 6.01. The van der Waals surface area contributed by atoms with E-state index in [1.807, 2.05) is 52.4 Å². The largest absolute Gasteiger partial charge is 0.444 e. The Morgan fingerprint density at radius 3 is 1.38 bits per heavy atom. The van der Waals surface area contributed by atoms with Crippen LogP contribution < -0.4 is 0 Å². The molecule has 0 heterocycles. The van der Waals surface area contributed by atoms with E-state index in [1.165, 1.54) is 0 Å². The predicted molar refractivity (Wildman–Crippen MR) is 76.4 cm³/mol. The van der Waals surface area contributed by atoms with E-state index in [0.717, 1.165) is 0 Å². The fraction of sp³-hybridized carbons (Fsp3) is 1.00. The third-order valence-electron chi connectivity index (χ3n) is 1.11. The second-order valence-corrected chi connectivity index (χ2v) is 19.8. The van der Waals surface area contributed by atoms with Crippen LogP contribution in [0.25, 0.3) is 0 Å². The van der Waals surface area contributed by atoms with E-state index in [2.05, 4.69) is 0 Å². The Balaban J connectivity index is 4.83. The van der Waals surface area contributed by atoms with Gasteiger partial charge in [-0.3, -0.25) is 0 Å². The van der Waals surface area contributed by atoms with Crippen molar-refractivity contribution < 1.29 is 17.2 Å². The van der Waals surface area contributed by atoms with Crippen LogP contribution in [0, 0.1) is 0 Å². The van der Waals surface area contributed by atoms with Gasteiger partial charge in [-0.15, -0.1) is 0 Å². The summed E-state index contributed by atoms with van der Waals surface area (Å²) in [6, 6.07) is 0. The molecule has 0 N–H and O–H groups in total. The molecule has 0 spiro atoms. The van der Waals surface area contributed by atoms with Gasteiger partial charge in [-0.2, -0.15) is 0 Å². The molecule has 16 heavy (non-hydrogen) atoms. The zero-order valence-corrected chi connectivity index (χ0v) is 15.7. The molecular formula is C8H25O4PSi3. The molecule has 8 heteroatoms. The summed E-state index contributed by atoms with van der Waals surface area (Å²) >= 11 is 0. The fourth-order valence-corrected chi connectivity index (χ4v) is 10.0. The van der Waals surface area contributed by atoms with Gasteiger partial charge in [0.15, 0.2) is 25.7 Å². The third-order valence-corrected chi connectivity index (χ3v) is 10.0. The molecule has 0 aliphatic carbocycles. The van der Waals surface area contributed by atoms with Crippen molar-refractivity contribution >= 4 is 33.5 Å². The van der Waals surface area contributed by atoms with Gasteiger partial charge >= 0.3 is 7.82 Å². The van der Waals surface area contributed by atoms with Gasteiger partial charge in [-0.05, 0) is 52.4 Å². The Hall–Kier alpha value is 0.761. The number of rotatable bonds is 6. The van der Waals surface area contributed by atoms with Gasteiger partial charge in [0.2, 0.25) is 0 Å². The van der Waals surface area contributed by atoms with E-state index in [-0.39, 0.29) is 0 Å². The van der Waals surface area contributed by atoms with Crippen molar-refractivity contribution in [1.29, 1.82) is 0 Å². The summed E-state index contributed by atoms with van der Waals surface area (Å²) in [6.07, 6.45) is 0. The average Bonchev–Trinajstić information content (AvgIpc) is 1.69. The predicted octanol–water partition coefficient (Wildman–Crippen LogP) is 3.80. The van der Waals surface area contributed by atoms with Crippen molar-refractivity contribution in [3.8, 4) is 0 Å². The topological polar surface area (TPSA) is 44.8 Å². The van der Waals surface area contributed by atoms with Crippen LogP contribution in [0.15, 0.2) is 0 Å². The molecule has 0 radical (unpaired) electrons. The van der Waals surface area contributed by atoms with Gasteiger partial charge in [0.25, 0.3) is 0 Å². The van der Waals surface area contributed by atoms with Gasteiger partial charge in [0.1, 0.15) is 0 Å². The molecule has 0 atom stereocenters. The Labute approximate surface area is 103 Å². The fourth-order valence-electron chi connectivity index (χ4n) is 0.991. The summed E-state index contributed by atoms with van der Waals surface area (Å²) in [5.74, 6) is 0.